The normalized spacial score (nSPS) is 41.5. The third kappa shape index (κ3) is 0.976. The van der Waals surface area contributed by atoms with Gasteiger partial charge in [0.05, 0.1) is 18.2 Å². The van der Waals surface area contributed by atoms with Gasteiger partial charge < -0.3 is 15.8 Å². The maximum absolute atomic E-state index is 5.50. The van der Waals surface area contributed by atoms with Crippen LogP contribution in [0.4, 0.5) is 0 Å². The molecule has 4 nitrogen and oxygen atoms in total. The number of guanidine groups is 1. The summed E-state index contributed by atoms with van der Waals surface area (Å²) in [6.07, 6.45) is 2.48. The van der Waals surface area contributed by atoms with Gasteiger partial charge in [-0.25, -0.2) is 0 Å². The minimum absolute atomic E-state index is 0.158. The molecular formula is C7H13N3O. The van der Waals surface area contributed by atoms with Crippen LogP contribution in [0.1, 0.15) is 12.8 Å². The predicted octanol–water partition coefficient (Wildman–Crippen LogP) is -0.548. The van der Waals surface area contributed by atoms with Gasteiger partial charge in [-0.2, -0.15) is 0 Å². The van der Waals surface area contributed by atoms with Gasteiger partial charge in [0.2, 0.25) is 0 Å². The lowest BCUT2D eigenvalue weighted by molar-refractivity contribution is -0.0152. The zero-order chi connectivity index (χ0) is 7.90. The molecule has 0 bridgehead atoms. The first kappa shape index (κ1) is 6.91. The lowest BCUT2D eigenvalue weighted by Gasteiger charge is -2.43. The van der Waals surface area contributed by atoms with E-state index in [-0.39, 0.29) is 5.54 Å². The van der Waals surface area contributed by atoms with Crippen molar-refractivity contribution in [1.29, 1.82) is 0 Å². The summed E-state index contributed by atoms with van der Waals surface area (Å²) in [6.45, 7) is 0.818. The summed E-state index contributed by atoms with van der Waals surface area (Å²) < 4.78 is 5.18. The van der Waals surface area contributed by atoms with Gasteiger partial charge >= 0.3 is 0 Å². The fraction of sp³-hybridized carbons (Fsp3) is 0.857. The molecule has 0 amide bonds. The summed E-state index contributed by atoms with van der Waals surface area (Å²) in [5.74, 6) is 0.583. The molecule has 2 rings (SSSR count). The van der Waals surface area contributed by atoms with E-state index in [2.05, 4.69) is 10.3 Å². The molecule has 0 radical (unpaired) electrons. The Balaban J connectivity index is 1.90. The number of hydrogen-bond donors (Lipinski definition) is 2. The van der Waals surface area contributed by atoms with Crippen LogP contribution in [0, 0.1) is 0 Å². The predicted molar refractivity (Wildman–Crippen MR) is 42.4 cm³/mol. The van der Waals surface area contributed by atoms with Gasteiger partial charge in [0, 0.05) is 7.11 Å². The molecule has 0 aromatic heterocycles. The highest BCUT2D eigenvalue weighted by Crippen LogP contribution is 2.36. The van der Waals surface area contributed by atoms with Crippen molar-refractivity contribution in [2.45, 2.75) is 24.5 Å². The molecule has 0 atom stereocenters. The average Bonchev–Trinajstić information content (AvgIpc) is 2.28. The lowest BCUT2D eigenvalue weighted by atomic mass is 9.75. The Morgan fingerprint density at radius 3 is 2.91 bits per heavy atom. The van der Waals surface area contributed by atoms with Crippen LogP contribution in [0.2, 0.25) is 0 Å². The SMILES string of the molecule is COC1CC2(CN=C(N)N2)C1. The maximum Gasteiger partial charge on any atom is 0.189 e. The first-order chi connectivity index (χ1) is 5.24. The summed E-state index contributed by atoms with van der Waals surface area (Å²) in [6, 6.07) is 0. The van der Waals surface area contributed by atoms with Crippen molar-refractivity contribution in [2.75, 3.05) is 13.7 Å². The average molecular weight is 155 g/mol. The van der Waals surface area contributed by atoms with E-state index in [1.165, 1.54) is 0 Å². The topological polar surface area (TPSA) is 59.6 Å². The Bertz CT molecular complexity index is 196. The van der Waals surface area contributed by atoms with Crippen LogP contribution in [0.3, 0.4) is 0 Å². The minimum Gasteiger partial charge on any atom is -0.381 e. The van der Waals surface area contributed by atoms with E-state index in [9.17, 15) is 0 Å². The molecule has 2 aliphatic rings. The number of nitrogens with two attached hydrogens (primary N) is 1. The van der Waals surface area contributed by atoms with E-state index in [1.54, 1.807) is 7.11 Å². The van der Waals surface area contributed by atoms with Gasteiger partial charge in [0.25, 0.3) is 0 Å². The number of hydrogen-bond acceptors (Lipinski definition) is 4. The molecule has 1 aliphatic carbocycles. The van der Waals surface area contributed by atoms with E-state index >= 15 is 0 Å². The molecule has 1 spiro atoms. The van der Waals surface area contributed by atoms with Crippen molar-refractivity contribution in [2.24, 2.45) is 10.7 Å². The number of methoxy groups -OCH3 is 1. The second-order valence-corrected chi connectivity index (χ2v) is 3.37. The summed E-state index contributed by atoms with van der Waals surface area (Å²) in [4.78, 5) is 4.11. The van der Waals surface area contributed by atoms with Crippen LogP contribution in [0.15, 0.2) is 4.99 Å². The number of aliphatic imine (C=N–C) groups is 1. The number of ether oxygens (including phenoxy) is 1. The van der Waals surface area contributed by atoms with E-state index in [0.29, 0.717) is 12.1 Å². The maximum atomic E-state index is 5.50. The van der Waals surface area contributed by atoms with Crippen LogP contribution in [-0.2, 0) is 4.74 Å². The highest BCUT2D eigenvalue weighted by molar-refractivity contribution is 5.81. The van der Waals surface area contributed by atoms with E-state index in [4.69, 9.17) is 10.5 Å². The lowest BCUT2D eigenvalue weighted by Crippen LogP contribution is -2.59. The summed E-state index contributed by atoms with van der Waals surface area (Å²) in [5.41, 5.74) is 5.66. The third-order valence-corrected chi connectivity index (χ3v) is 2.52. The van der Waals surface area contributed by atoms with Gasteiger partial charge in [-0.1, -0.05) is 0 Å². The zero-order valence-electron chi connectivity index (χ0n) is 6.63. The second-order valence-electron chi connectivity index (χ2n) is 3.37. The smallest absolute Gasteiger partial charge is 0.189 e. The first-order valence-electron chi connectivity index (χ1n) is 3.85. The first-order valence-corrected chi connectivity index (χ1v) is 3.85. The molecule has 62 valence electrons. The van der Waals surface area contributed by atoms with Crippen molar-refractivity contribution < 1.29 is 4.74 Å². The van der Waals surface area contributed by atoms with Gasteiger partial charge in [0.1, 0.15) is 0 Å². The van der Waals surface area contributed by atoms with Crippen molar-refractivity contribution in [3.05, 3.63) is 0 Å². The molecule has 1 aliphatic heterocycles. The molecule has 0 aromatic carbocycles. The fourth-order valence-corrected chi connectivity index (χ4v) is 1.80. The van der Waals surface area contributed by atoms with Crippen molar-refractivity contribution in [1.82, 2.24) is 5.32 Å². The van der Waals surface area contributed by atoms with Crippen LogP contribution in [-0.4, -0.2) is 31.3 Å². The molecule has 0 aromatic rings. The van der Waals surface area contributed by atoms with Gasteiger partial charge in [-0.3, -0.25) is 4.99 Å². The highest BCUT2D eigenvalue weighted by atomic mass is 16.5. The van der Waals surface area contributed by atoms with Crippen LogP contribution in [0.5, 0.6) is 0 Å². The Morgan fingerprint density at radius 2 is 2.45 bits per heavy atom. The van der Waals surface area contributed by atoms with Gasteiger partial charge in [0.15, 0.2) is 5.96 Å². The van der Waals surface area contributed by atoms with E-state index < -0.39 is 0 Å². The van der Waals surface area contributed by atoms with E-state index in [0.717, 1.165) is 19.4 Å². The molecule has 1 saturated carbocycles. The Morgan fingerprint density at radius 1 is 1.73 bits per heavy atom. The van der Waals surface area contributed by atoms with E-state index in [1.807, 2.05) is 0 Å². The molecule has 1 heterocycles. The number of nitrogens with zero attached hydrogens (tertiary/aromatic N) is 1. The Hall–Kier alpha value is -0.770. The van der Waals surface area contributed by atoms with Crippen LogP contribution >= 0.6 is 0 Å². The molecule has 4 heteroatoms. The molecular weight excluding hydrogens is 142 g/mol. The Kier molecular flexibility index (Phi) is 1.32. The third-order valence-electron chi connectivity index (χ3n) is 2.52. The summed E-state index contributed by atoms with van der Waals surface area (Å²) >= 11 is 0. The highest BCUT2D eigenvalue weighted by Gasteiger charge is 2.47. The fourth-order valence-electron chi connectivity index (χ4n) is 1.80. The molecule has 1 fully saturated rings. The quantitative estimate of drug-likeness (QED) is 0.534. The van der Waals surface area contributed by atoms with Crippen LogP contribution in [0.25, 0.3) is 0 Å². The minimum atomic E-state index is 0.158. The van der Waals surface area contributed by atoms with Crippen molar-refractivity contribution >= 4 is 5.96 Å². The zero-order valence-corrected chi connectivity index (χ0v) is 6.63. The summed E-state index contributed by atoms with van der Waals surface area (Å²) in [5, 5.41) is 3.18. The molecule has 0 unspecified atom stereocenters. The van der Waals surface area contributed by atoms with Crippen LogP contribution < -0.4 is 11.1 Å². The number of nitrogens with one attached hydrogen (secondary N) is 1. The number of rotatable bonds is 1. The van der Waals surface area contributed by atoms with Crippen molar-refractivity contribution in [3.8, 4) is 0 Å². The molecule has 3 N–H and O–H groups in total. The largest absolute Gasteiger partial charge is 0.381 e. The monoisotopic (exact) mass is 155 g/mol. The summed E-state index contributed by atoms with van der Waals surface area (Å²) in [7, 11) is 1.75. The second kappa shape index (κ2) is 2.11. The van der Waals surface area contributed by atoms with Gasteiger partial charge in [-0.05, 0) is 12.8 Å². The van der Waals surface area contributed by atoms with Crippen molar-refractivity contribution in [3.63, 3.8) is 0 Å². The Labute approximate surface area is 65.8 Å². The molecule has 0 saturated heterocycles. The molecule has 11 heavy (non-hydrogen) atoms. The van der Waals surface area contributed by atoms with Gasteiger partial charge in [-0.15, -0.1) is 0 Å². The standard InChI is InChI=1S/C7H13N3O/c1-11-5-2-7(3-5)4-9-6(8)10-7/h5H,2-4H2,1H3,(H3,8,9,10).